The van der Waals surface area contributed by atoms with Crippen LogP contribution >= 0.6 is 0 Å². The van der Waals surface area contributed by atoms with Crippen molar-refractivity contribution in [2.24, 2.45) is 17.8 Å². The molecular weight excluding hydrogens is 322 g/mol. The third-order valence-electron chi connectivity index (χ3n) is 6.53. The van der Waals surface area contributed by atoms with Crippen LogP contribution < -0.4 is 0 Å². The molecule has 3 nitrogen and oxygen atoms in total. The average Bonchev–Trinajstić information content (AvgIpc) is 2.58. The number of benzene rings is 1. The second kappa shape index (κ2) is 8.56. The molecule has 0 spiro atoms. The molecular formula is C23H35NO2. The fourth-order valence-corrected chi connectivity index (χ4v) is 4.85. The molecule has 5 unspecified atom stereocenters. The molecule has 1 aliphatic heterocycles. The van der Waals surface area contributed by atoms with Crippen molar-refractivity contribution in [3.05, 3.63) is 35.9 Å². The zero-order valence-electron chi connectivity index (χ0n) is 16.9. The smallest absolute Gasteiger partial charge is 0.323 e. The Hall–Kier alpha value is -1.35. The third kappa shape index (κ3) is 4.14. The highest BCUT2D eigenvalue weighted by Crippen LogP contribution is 2.37. The van der Waals surface area contributed by atoms with Crippen LogP contribution in [-0.2, 0) is 9.53 Å². The van der Waals surface area contributed by atoms with Gasteiger partial charge >= 0.3 is 5.97 Å². The summed E-state index contributed by atoms with van der Waals surface area (Å²) in [6, 6.07) is 10.8. The number of rotatable bonds is 6. The molecule has 1 aromatic carbocycles. The fourth-order valence-electron chi connectivity index (χ4n) is 4.85. The minimum absolute atomic E-state index is 0.00961. The van der Waals surface area contributed by atoms with Gasteiger partial charge in [0.15, 0.2) is 0 Å². The maximum Gasteiger partial charge on any atom is 0.323 e. The van der Waals surface area contributed by atoms with Gasteiger partial charge in [-0.1, -0.05) is 64.4 Å². The van der Waals surface area contributed by atoms with E-state index in [-0.39, 0.29) is 18.1 Å². The maximum absolute atomic E-state index is 13.0. The number of carbonyl (C=O) groups excluding carboxylic acids is 1. The molecule has 2 fully saturated rings. The van der Waals surface area contributed by atoms with Crippen molar-refractivity contribution in [2.45, 2.75) is 78.0 Å². The lowest BCUT2D eigenvalue weighted by Gasteiger charge is -2.46. The van der Waals surface area contributed by atoms with Crippen LogP contribution in [-0.4, -0.2) is 29.6 Å². The summed E-state index contributed by atoms with van der Waals surface area (Å²) in [5.41, 5.74) is 1.30. The maximum atomic E-state index is 13.0. The van der Waals surface area contributed by atoms with Crippen molar-refractivity contribution in [1.29, 1.82) is 0 Å². The summed E-state index contributed by atoms with van der Waals surface area (Å²) in [7, 11) is 0. The Morgan fingerprint density at radius 3 is 2.50 bits per heavy atom. The zero-order valence-corrected chi connectivity index (χ0v) is 16.9. The molecule has 3 rings (SSSR count). The number of hydrogen-bond donors (Lipinski definition) is 0. The van der Waals surface area contributed by atoms with Crippen molar-refractivity contribution >= 4 is 5.97 Å². The van der Waals surface area contributed by atoms with Crippen molar-refractivity contribution in [3.63, 3.8) is 0 Å². The van der Waals surface area contributed by atoms with Crippen molar-refractivity contribution in [3.8, 4) is 0 Å². The largest absolute Gasteiger partial charge is 0.461 e. The standard InChI is InChI=1S/C23H35NO2/c1-5-20(18-9-7-6-8-10-18)24-14-13-21(24)23(25)26-22-15-17(4)11-12-19(22)16(2)3/h6-10,16-17,19-22H,5,11-15H2,1-4H3. The molecule has 26 heavy (non-hydrogen) atoms. The molecule has 0 bridgehead atoms. The first kappa shape index (κ1) is 19.4. The van der Waals surface area contributed by atoms with Gasteiger partial charge in [0.25, 0.3) is 0 Å². The molecule has 5 atom stereocenters. The van der Waals surface area contributed by atoms with Crippen molar-refractivity contribution in [1.82, 2.24) is 4.90 Å². The van der Waals surface area contributed by atoms with Gasteiger partial charge in [-0.15, -0.1) is 0 Å². The van der Waals surface area contributed by atoms with Gasteiger partial charge in [0.2, 0.25) is 0 Å². The summed E-state index contributed by atoms with van der Waals surface area (Å²) in [4.78, 5) is 15.3. The van der Waals surface area contributed by atoms with Crippen molar-refractivity contribution in [2.75, 3.05) is 6.54 Å². The Bertz CT molecular complexity index is 585. The van der Waals surface area contributed by atoms with E-state index in [1.165, 1.54) is 18.4 Å². The molecule has 144 valence electrons. The van der Waals surface area contributed by atoms with Crippen LogP contribution in [0.5, 0.6) is 0 Å². The monoisotopic (exact) mass is 357 g/mol. The predicted molar refractivity (Wildman–Crippen MR) is 106 cm³/mol. The minimum Gasteiger partial charge on any atom is -0.461 e. The van der Waals surface area contributed by atoms with E-state index in [4.69, 9.17) is 4.74 Å². The molecule has 0 aromatic heterocycles. The lowest BCUT2D eigenvalue weighted by Crippen LogP contribution is -2.55. The van der Waals surface area contributed by atoms with Gasteiger partial charge in [-0.2, -0.15) is 0 Å². The molecule has 2 aliphatic rings. The molecule has 1 heterocycles. The lowest BCUT2D eigenvalue weighted by atomic mass is 9.75. The van der Waals surface area contributed by atoms with E-state index >= 15 is 0 Å². The topological polar surface area (TPSA) is 29.5 Å². The van der Waals surface area contributed by atoms with Gasteiger partial charge in [-0.25, -0.2) is 0 Å². The van der Waals surface area contributed by atoms with E-state index in [0.717, 1.165) is 25.8 Å². The highest BCUT2D eigenvalue weighted by atomic mass is 16.5. The van der Waals surface area contributed by atoms with Crippen molar-refractivity contribution < 1.29 is 9.53 Å². The van der Waals surface area contributed by atoms with Gasteiger partial charge in [0.05, 0.1) is 0 Å². The first-order valence-electron chi connectivity index (χ1n) is 10.5. The second-order valence-electron chi connectivity index (χ2n) is 8.68. The molecule has 0 N–H and O–H groups in total. The van der Waals surface area contributed by atoms with Crippen LogP contribution in [0, 0.1) is 17.8 Å². The Kier molecular flexibility index (Phi) is 6.39. The predicted octanol–water partition coefficient (Wildman–Crippen LogP) is 5.22. The molecule has 1 saturated carbocycles. The number of ether oxygens (including phenoxy) is 1. The SMILES string of the molecule is CCC(c1ccccc1)N1CCC1C(=O)OC1CC(C)CCC1C(C)C. The Balaban J connectivity index is 1.65. The van der Waals surface area contributed by atoms with Crippen LogP contribution in [0.3, 0.4) is 0 Å². The van der Waals surface area contributed by atoms with E-state index in [1.54, 1.807) is 0 Å². The molecule has 1 saturated heterocycles. The van der Waals surface area contributed by atoms with E-state index in [2.05, 4.69) is 56.9 Å². The Morgan fingerprint density at radius 2 is 1.92 bits per heavy atom. The lowest BCUT2D eigenvalue weighted by molar-refractivity contribution is -0.169. The van der Waals surface area contributed by atoms with Gasteiger partial charge < -0.3 is 4.74 Å². The molecule has 1 aromatic rings. The molecule has 1 aliphatic carbocycles. The average molecular weight is 358 g/mol. The summed E-state index contributed by atoms with van der Waals surface area (Å²) >= 11 is 0. The number of hydrogen-bond acceptors (Lipinski definition) is 3. The van der Waals surface area contributed by atoms with Crippen LogP contribution in [0.25, 0.3) is 0 Å². The summed E-state index contributed by atoms with van der Waals surface area (Å²) < 4.78 is 6.12. The van der Waals surface area contributed by atoms with Gasteiger partial charge in [0, 0.05) is 12.6 Å². The normalized spacial score (nSPS) is 30.7. The van der Waals surface area contributed by atoms with Gasteiger partial charge in [-0.3, -0.25) is 9.69 Å². The fraction of sp³-hybridized carbons (Fsp3) is 0.696. The second-order valence-corrected chi connectivity index (χ2v) is 8.68. The highest BCUT2D eigenvalue weighted by Gasteiger charge is 2.42. The van der Waals surface area contributed by atoms with Crippen LogP contribution in [0.2, 0.25) is 0 Å². The number of nitrogens with zero attached hydrogens (tertiary/aromatic N) is 1. The van der Waals surface area contributed by atoms with Gasteiger partial charge in [0.1, 0.15) is 12.1 Å². The molecule has 0 radical (unpaired) electrons. The van der Waals surface area contributed by atoms with Gasteiger partial charge in [-0.05, 0) is 49.0 Å². The van der Waals surface area contributed by atoms with E-state index < -0.39 is 0 Å². The summed E-state index contributed by atoms with van der Waals surface area (Å²) in [5, 5.41) is 0. The van der Waals surface area contributed by atoms with Crippen LogP contribution in [0.4, 0.5) is 0 Å². The zero-order chi connectivity index (χ0) is 18.7. The number of likely N-dealkylation sites (tertiary alicyclic amines) is 1. The van der Waals surface area contributed by atoms with Crippen LogP contribution in [0.15, 0.2) is 30.3 Å². The van der Waals surface area contributed by atoms with Crippen LogP contribution in [0.1, 0.15) is 71.4 Å². The quantitative estimate of drug-likeness (QED) is 0.654. The Morgan fingerprint density at radius 1 is 1.19 bits per heavy atom. The third-order valence-corrected chi connectivity index (χ3v) is 6.53. The minimum atomic E-state index is -0.0646. The highest BCUT2D eigenvalue weighted by molar-refractivity contribution is 5.77. The first-order valence-corrected chi connectivity index (χ1v) is 10.5. The first-order chi connectivity index (χ1) is 12.5. The molecule has 0 amide bonds. The van der Waals surface area contributed by atoms with E-state index in [1.807, 2.05) is 6.07 Å². The number of carbonyl (C=O) groups is 1. The van der Waals surface area contributed by atoms with E-state index in [0.29, 0.717) is 23.8 Å². The Labute approximate surface area is 159 Å². The summed E-state index contributed by atoms with van der Waals surface area (Å²) in [5.74, 6) is 1.76. The number of esters is 1. The molecule has 3 heteroatoms. The van der Waals surface area contributed by atoms with E-state index in [9.17, 15) is 4.79 Å². The summed E-state index contributed by atoms with van der Waals surface area (Å²) in [6.45, 7) is 10.0. The summed E-state index contributed by atoms with van der Waals surface area (Å²) in [6.07, 6.45) is 5.52.